The highest BCUT2D eigenvalue weighted by atomic mass is 16.1. The van der Waals surface area contributed by atoms with E-state index >= 15 is 0 Å². The van der Waals surface area contributed by atoms with Crippen LogP contribution in [0.15, 0.2) is 54.7 Å². The van der Waals surface area contributed by atoms with Crippen molar-refractivity contribution in [3.05, 3.63) is 77.0 Å². The summed E-state index contributed by atoms with van der Waals surface area (Å²) in [6.07, 6.45) is 7.64. The first-order chi connectivity index (χ1) is 15.2. The lowest BCUT2D eigenvalue weighted by Crippen LogP contribution is -2.33. The van der Waals surface area contributed by atoms with E-state index in [2.05, 4.69) is 33.4 Å². The number of nitrogens with zero attached hydrogens (tertiary/aromatic N) is 2. The van der Waals surface area contributed by atoms with E-state index in [1.165, 1.54) is 17.5 Å². The lowest BCUT2D eigenvalue weighted by atomic mass is 9.97. The van der Waals surface area contributed by atoms with Crippen molar-refractivity contribution in [1.29, 1.82) is 5.26 Å². The summed E-state index contributed by atoms with van der Waals surface area (Å²) >= 11 is 0. The molecule has 2 heterocycles. The average Bonchev–Trinajstić information content (AvgIpc) is 3.36. The maximum absolute atomic E-state index is 12.2. The Balaban J connectivity index is 1.07. The first-order valence-electron chi connectivity index (χ1n) is 11.0. The second-order valence-electron chi connectivity index (χ2n) is 8.74. The Labute approximate surface area is 182 Å². The molecule has 0 saturated heterocycles. The Morgan fingerprint density at radius 1 is 1.19 bits per heavy atom. The van der Waals surface area contributed by atoms with Gasteiger partial charge in [-0.15, -0.1) is 0 Å². The van der Waals surface area contributed by atoms with E-state index in [0.717, 1.165) is 54.6 Å². The Bertz CT molecular complexity index is 1190. The zero-order valence-electron chi connectivity index (χ0n) is 17.5. The Hall–Kier alpha value is -3.36. The fraction of sp³-hybridized carbons (Fsp3) is 0.308. The Morgan fingerprint density at radius 3 is 3.03 bits per heavy atom. The van der Waals surface area contributed by atoms with Gasteiger partial charge < -0.3 is 10.3 Å². The molecule has 156 valence electrons. The predicted octanol–water partition coefficient (Wildman–Crippen LogP) is 3.86. The monoisotopic (exact) mass is 410 g/mol. The second-order valence-corrected chi connectivity index (χ2v) is 8.74. The van der Waals surface area contributed by atoms with Gasteiger partial charge in [0, 0.05) is 44.0 Å². The summed E-state index contributed by atoms with van der Waals surface area (Å²) in [6.45, 7) is 3.81. The van der Waals surface area contributed by atoms with Crippen LogP contribution in [0.2, 0.25) is 0 Å². The molecule has 2 N–H and O–H groups in total. The SMILES string of the molecule is N#Cc1ccc2c(c1)CN(CC1CC1CNC(=O)/C=C/c1ccc3[nH]ccc3c1)CC2. The number of aromatic nitrogens is 1. The van der Waals surface area contributed by atoms with Crippen molar-refractivity contribution < 1.29 is 4.79 Å². The van der Waals surface area contributed by atoms with Crippen LogP contribution in [0.4, 0.5) is 0 Å². The molecule has 2 aliphatic rings. The quantitative estimate of drug-likeness (QED) is 0.606. The van der Waals surface area contributed by atoms with E-state index < -0.39 is 0 Å². The van der Waals surface area contributed by atoms with Crippen LogP contribution in [0.3, 0.4) is 0 Å². The van der Waals surface area contributed by atoms with E-state index in [1.54, 1.807) is 6.08 Å². The molecule has 5 rings (SSSR count). The van der Waals surface area contributed by atoms with E-state index in [-0.39, 0.29) is 5.91 Å². The number of carbonyl (C=O) groups is 1. The molecule has 0 spiro atoms. The molecule has 1 aliphatic heterocycles. The molecule has 1 aromatic heterocycles. The molecule has 3 aromatic rings. The van der Waals surface area contributed by atoms with Gasteiger partial charge in [-0.25, -0.2) is 0 Å². The Morgan fingerprint density at radius 2 is 2.13 bits per heavy atom. The minimum atomic E-state index is -0.0317. The number of hydrogen-bond acceptors (Lipinski definition) is 3. The van der Waals surface area contributed by atoms with Gasteiger partial charge in [-0.2, -0.15) is 5.26 Å². The fourth-order valence-corrected chi connectivity index (χ4v) is 4.59. The van der Waals surface area contributed by atoms with Crippen molar-refractivity contribution in [2.45, 2.75) is 19.4 Å². The third kappa shape index (κ3) is 4.55. The summed E-state index contributed by atoms with van der Waals surface area (Å²) in [4.78, 5) is 17.9. The largest absolute Gasteiger partial charge is 0.361 e. The topological polar surface area (TPSA) is 71.9 Å². The van der Waals surface area contributed by atoms with Crippen molar-refractivity contribution in [3.63, 3.8) is 0 Å². The lowest BCUT2D eigenvalue weighted by molar-refractivity contribution is -0.116. The number of nitriles is 1. The van der Waals surface area contributed by atoms with Crippen LogP contribution < -0.4 is 5.32 Å². The van der Waals surface area contributed by atoms with Gasteiger partial charge in [0.2, 0.25) is 5.91 Å². The minimum absolute atomic E-state index is 0.0317. The molecule has 2 unspecified atom stereocenters. The molecule has 1 saturated carbocycles. The third-order valence-corrected chi connectivity index (χ3v) is 6.53. The van der Waals surface area contributed by atoms with E-state index in [9.17, 15) is 4.79 Å². The van der Waals surface area contributed by atoms with Gasteiger partial charge >= 0.3 is 0 Å². The van der Waals surface area contributed by atoms with Crippen LogP contribution >= 0.6 is 0 Å². The standard InChI is InChI=1S/C26H26N4O/c27-14-19-1-4-20-8-10-30(16-23(20)12-19)17-24-13-22(24)15-29-26(31)6-3-18-2-5-25-21(11-18)7-9-28-25/h1-7,9,11-12,22,24,28H,8,10,13,15-17H2,(H,29,31)/b6-3+. The molecule has 31 heavy (non-hydrogen) atoms. The smallest absolute Gasteiger partial charge is 0.244 e. The van der Waals surface area contributed by atoms with Crippen LogP contribution in [0.1, 0.15) is 28.7 Å². The summed E-state index contributed by atoms with van der Waals surface area (Å²) < 4.78 is 0. The van der Waals surface area contributed by atoms with E-state index in [1.807, 2.05) is 42.6 Å². The van der Waals surface area contributed by atoms with Crippen molar-refractivity contribution in [1.82, 2.24) is 15.2 Å². The number of benzene rings is 2. The van der Waals surface area contributed by atoms with E-state index in [0.29, 0.717) is 11.8 Å². The van der Waals surface area contributed by atoms with Gasteiger partial charge in [0.15, 0.2) is 0 Å². The molecule has 2 aromatic carbocycles. The van der Waals surface area contributed by atoms with Crippen LogP contribution in [0.5, 0.6) is 0 Å². The van der Waals surface area contributed by atoms with Crippen molar-refractivity contribution in [2.75, 3.05) is 19.6 Å². The maximum Gasteiger partial charge on any atom is 0.244 e. The van der Waals surface area contributed by atoms with Gasteiger partial charge in [0.05, 0.1) is 11.6 Å². The average molecular weight is 411 g/mol. The number of carbonyl (C=O) groups excluding carboxylic acids is 1. The van der Waals surface area contributed by atoms with Crippen LogP contribution in [-0.2, 0) is 17.8 Å². The minimum Gasteiger partial charge on any atom is -0.361 e. The summed E-state index contributed by atoms with van der Waals surface area (Å²) in [6, 6.07) is 16.4. The molecule has 2 atom stereocenters. The van der Waals surface area contributed by atoms with Gasteiger partial charge in [-0.1, -0.05) is 12.1 Å². The van der Waals surface area contributed by atoms with Gasteiger partial charge in [-0.3, -0.25) is 9.69 Å². The number of aromatic amines is 1. The summed E-state index contributed by atoms with van der Waals surface area (Å²) in [5.74, 6) is 1.19. The van der Waals surface area contributed by atoms with E-state index in [4.69, 9.17) is 5.26 Å². The second kappa shape index (κ2) is 8.41. The first kappa shape index (κ1) is 19.6. The van der Waals surface area contributed by atoms with Crippen molar-refractivity contribution in [3.8, 4) is 6.07 Å². The highest BCUT2D eigenvalue weighted by Gasteiger charge is 2.38. The van der Waals surface area contributed by atoms with Gasteiger partial charge in [0.1, 0.15) is 0 Å². The summed E-state index contributed by atoms with van der Waals surface area (Å²) in [5, 5.41) is 13.3. The molecular weight excluding hydrogens is 384 g/mol. The maximum atomic E-state index is 12.2. The number of rotatable bonds is 6. The zero-order valence-corrected chi connectivity index (χ0v) is 17.5. The van der Waals surface area contributed by atoms with Crippen LogP contribution in [0.25, 0.3) is 17.0 Å². The molecular formula is C26H26N4O. The predicted molar refractivity (Wildman–Crippen MR) is 122 cm³/mol. The molecule has 1 amide bonds. The lowest BCUT2D eigenvalue weighted by Gasteiger charge is -2.29. The van der Waals surface area contributed by atoms with Crippen LogP contribution in [-0.4, -0.2) is 35.4 Å². The van der Waals surface area contributed by atoms with Crippen LogP contribution in [0, 0.1) is 23.2 Å². The third-order valence-electron chi connectivity index (χ3n) is 6.53. The molecule has 1 fully saturated rings. The normalized spacial score (nSPS) is 20.5. The number of H-pyrrole nitrogens is 1. The zero-order chi connectivity index (χ0) is 21.2. The van der Waals surface area contributed by atoms with Gasteiger partial charge in [-0.05, 0) is 83.2 Å². The number of amides is 1. The summed E-state index contributed by atoms with van der Waals surface area (Å²) in [7, 11) is 0. The van der Waals surface area contributed by atoms with Gasteiger partial charge in [0.25, 0.3) is 0 Å². The molecule has 5 nitrogen and oxygen atoms in total. The first-order valence-corrected chi connectivity index (χ1v) is 11.0. The van der Waals surface area contributed by atoms with Crippen molar-refractivity contribution >= 4 is 22.9 Å². The molecule has 0 radical (unpaired) electrons. The number of fused-ring (bicyclic) bond motifs is 2. The van der Waals surface area contributed by atoms with Crippen molar-refractivity contribution in [2.24, 2.45) is 11.8 Å². The Kier molecular flexibility index (Phi) is 5.31. The molecule has 5 heteroatoms. The highest BCUT2D eigenvalue weighted by Crippen LogP contribution is 2.39. The number of nitrogens with one attached hydrogen (secondary N) is 2. The number of hydrogen-bond donors (Lipinski definition) is 2. The summed E-state index contributed by atoms with van der Waals surface area (Å²) in [5.41, 5.74) is 5.53. The molecule has 0 bridgehead atoms. The fourth-order valence-electron chi connectivity index (χ4n) is 4.59. The molecule has 1 aliphatic carbocycles. The highest BCUT2D eigenvalue weighted by molar-refractivity contribution is 5.92.